The minimum atomic E-state index is -4.45. The van der Waals surface area contributed by atoms with Crippen LogP contribution < -0.4 is 10.1 Å². The molecule has 1 N–H and O–H groups in total. The first kappa shape index (κ1) is 16.6. The molecule has 0 aliphatic rings. The molecule has 0 aromatic heterocycles. The lowest BCUT2D eigenvalue weighted by atomic mass is 10.1. The second-order valence-electron chi connectivity index (χ2n) is 4.64. The van der Waals surface area contributed by atoms with Gasteiger partial charge in [-0.15, -0.1) is 0 Å². The monoisotopic (exact) mass is 321 g/mol. The van der Waals surface area contributed by atoms with Gasteiger partial charge in [-0.3, -0.25) is 4.79 Å². The molecule has 0 unspecified atom stereocenters. The van der Waals surface area contributed by atoms with Crippen molar-refractivity contribution in [2.45, 2.75) is 6.18 Å². The predicted molar refractivity (Wildman–Crippen MR) is 82.1 cm³/mol. The van der Waals surface area contributed by atoms with Crippen LogP contribution >= 0.6 is 0 Å². The molecule has 0 atom stereocenters. The van der Waals surface area contributed by atoms with E-state index in [1.54, 1.807) is 24.3 Å². The number of hydrogen-bond donors (Lipinski definition) is 1. The van der Waals surface area contributed by atoms with Crippen LogP contribution in [0.25, 0.3) is 6.08 Å². The van der Waals surface area contributed by atoms with Crippen LogP contribution in [0, 0.1) is 0 Å². The minimum absolute atomic E-state index is 0.0782. The normalized spacial score (nSPS) is 11.5. The molecule has 2 rings (SSSR count). The first-order valence-corrected chi connectivity index (χ1v) is 6.69. The minimum Gasteiger partial charge on any atom is -0.496 e. The Balaban J connectivity index is 2.09. The van der Waals surface area contributed by atoms with Crippen molar-refractivity contribution in [2.75, 3.05) is 12.4 Å². The Morgan fingerprint density at radius 2 is 1.87 bits per heavy atom. The van der Waals surface area contributed by atoms with Gasteiger partial charge in [-0.2, -0.15) is 13.2 Å². The summed E-state index contributed by atoms with van der Waals surface area (Å²) in [5.41, 5.74) is -0.0484. The molecular formula is C17H14F3NO2. The number of ether oxygens (including phenoxy) is 1. The second kappa shape index (κ2) is 7.00. The Morgan fingerprint density at radius 1 is 1.13 bits per heavy atom. The molecule has 3 nitrogen and oxygen atoms in total. The van der Waals surface area contributed by atoms with Gasteiger partial charge in [-0.05, 0) is 30.3 Å². The topological polar surface area (TPSA) is 38.3 Å². The Labute approximate surface area is 131 Å². The van der Waals surface area contributed by atoms with Crippen LogP contribution in [0.1, 0.15) is 11.1 Å². The number of amides is 1. The van der Waals surface area contributed by atoms with E-state index in [9.17, 15) is 18.0 Å². The number of hydrogen-bond acceptors (Lipinski definition) is 2. The summed E-state index contributed by atoms with van der Waals surface area (Å²) in [4.78, 5) is 11.8. The smallest absolute Gasteiger partial charge is 0.416 e. The highest BCUT2D eigenvalue weighted by Crippen LogP contribution is 2.30. The van der Waals surface area contributed by atoms with E-state index in [4.69, 9.17) is 4.74 Å². The number of nitrogens with one attached hydrogen (secondary N) is 1. The molecule has 0 radical (unpaired) electrons. The molecule has 0 heterocycles. The van der Waals surface area contributed by atoms with Crippen molar-refractivity contribution in [2.24, 2.45) is 0 Å². The maximum absolute atomic E-state index is 12.6. The highest BCUT2D eigenvalue weighted by atomic mass is 19.4. The van der Waals surface area contributed by atoms with Crippen molar-refractivity contribution in [3.63, 3.8) is 0 Å². The van der Waals surface area contributed by atoms with Crippen molar-refractivity contribution in [1.82, 2.24) is 0 Å². The van der Waals surface area contributed by atoms with E-state index in [0.717, 1.165) is 12.1 Å². The average Bonchev–Trinajstić information content (AvgIpc) is 2.52. The van der Waals surface area contributed by atoms with E-state index in [-0.39, 0.29) is 5.69 Å². The maximum atomic E-state index is 12.6. The van der Waals surface area contributed by atoms with Gasteiger partial charge in [-0.1, -0.05) is 24.3 Å². The fraction of sp³-hybridized carbons (Fsp3) is 0.118. The second-order valence-corrected chi connectivity index (χ2v) is 4.64. The predicted octanol–water partition coefficient (Wildman–Crippen LogP) is 4.37. The van der Waals surface area contributed by atoms with Crippen LogP contribution in [0.4, 0.5) is 18.9 Å². The summed E-state index contributed by atoms with van der Waals surface area (Å²) in [5, 5.41) is 2.40. The van der Waals surface area contributed by atoms with Crippen LogP contribution in [-0.4, -0.2) is 13.0 Å². The van der Waals surface area contributed by atoms with Crippen LogP contribution in [0.3, 0.4) is 0 Å². The fourth-order valence-electron chi connectivity index (χ4n) is 1.93. The standard InChI is InChI=1S/C17H14F3NO2/c1-23-15-8-3-2-5-12(15)9-10-16(22)21-14-7-4-6-13(11-14)17(18,19)20/h2-11H,1H3,(H,21,22). The van der Waals surface area contributed by atoms with Crippen LogP contribution in [0.5, 0.6) is 5.75 Å². The zero-order valence-electron chi connectivity index (χ0n) is 12.2. The number of benzene rings is 2. The van der Waals surface area contributed by atoms with Gasteiger partial charge in [0.1, 0.15) is 5.75 Å². The van der Waals surface area contributed by atoms with E-state index in [2.05, 4.69) is 5.32 Å². The Morgan fingerprint density at radius 3 is 2.57 bits per heavy atom. The first-order valence-electron chi connectivity index (χ1n) is 6.69. The van der Waals surface area contributed by atoms with Gasteiger partial charge in [0, 0.05) is 17.3 Å². The zero-order valence-corrected chi connectivity index (χ0v) is 12.2. The number of anilines is 1. The summed E-state index contributed by atoms with van der Waals surface area (Å²) >= 11 is 0. The Kier molecular flexibility index (Phi) is 5.05. The Hall–Kier alpha value is -2.76. The van der Waals surface area contributed by atoms with E-state index < -0.39 is 17.6 Å². The molecular weight excluding hydrogens is 307 g/mol. The van der Waals surface area contributed by atoms with Crippen LogP contribution in [0.15, 0.2) is 54.6 Å². The molecule has 120 valence electrons. The number of rotatable bonds is 4. The molecule has 0 aliphatic carbocycles. The average molecular weight is 321 g/mol. The number of carbonyl (C=O) groups is 1. The number of alkyl halides is 3. The lowest BCUT2D eigenvalue weighted by Crippen LogP contribution is -2.10. The fourth-order valence-corrected chi connectivity index (χ4v) is 1.93. The summed E-state index contributed by atoms with van der Waals surface area (Å²) < 4.78 is 43.0. The van der Waals surface area contributed by atoms with Crippen molar-refractivity contribution in [3.8, 4) is 5.75 Å². The third-order valence-corrected chi connectivity index (χ3v) is 3.01. The van der Waals surface area contributed by atoms with Crippen molar-refractivity contribution in [1.29, 1.82) is 0 Å². The van der Waals surface area contributed by atoms with Gasteiger partial charge in [0.15, 0.2) is 0 Å². The summed E-state index contributed by atoms with van der Waals surface area (Å²) in [6.45, 7) is 0. The van der Waals surface area contributed by atoms with Crippen molar-refractivity contribution < 1.29 is 22.7 Å². The van der Waals surface area contributed by atoms with E-state index >= 15 is 0 Å². The third kappa shape index (κ3) is 4.60. The number of para-hydroxylation sites is 1. The van der Waals surface area contributed by atoms with Gasteiger partial charge in [0.2, 0.25) is 5.91 Å². The van der Waals surface area contributed by atoms with Gasteiger partial charge in [0.05, 0.1) is 12.7 Å². The van der Waals surface area contributed by atoms with Crippen molar-refractivity contribution >= 4 is 17.7 Å². The number of halogens is 3. The summed E-state index contributed by atoms with van der Waals surface area (Å²) in [7, 11) is 1.51. The van der Waals surface area contributed by atoms with E-state index in [1.165, 1.54) is 31.4 Å². The molecule has 0 fully saturated rings. The highest BCUT2D eigenvalue weighted by Gasteiger charge is 2.30. The molecule has 0 bridgehead atoms. The molecule has 1 amide bonds. The maximum Gasteiger partial charge on any atom is 0.416 e. The molecule has 2 aromatic rings. The van der Waals surface area contributed by atoms with Gasteiger partial charge in [-0.25, -0.2) is 0 Å². The molecule has 0 spiro atoms. The van der Waals surface area contributed by atoms with Crippen molar-refractivity contribution in [3.05, 3.63) is 65.7 Å². The summed E-state index contributed by atoms with van der Waals surface area (Å²) in [5.74, 6) is 0.0610. The molecule has 0 saturated carbocycles. The van der Waals surface area contributed by atoms with Gasteiger partial charge < -0.3 is 10.1 Å². The molecule has 0 aliphatic heterocycles. The summed E-state index contributed by atoms with van der Waals surface area (Å²) in [6.07, 6.45) is -1.69. The van der Waals surface area contributed by atoms with Gasteiger partial charge >= 0.3 is 6.18 Å². The van der Waals surface area contributed by atoms with E-state index in [0.29, 0.717) is 11.3 Å². The Bertz CT molecular complexity index is 724. The molecule has 2 aromatic carbocycles. The number of methoxy groups -OCH3 is 1. The SMILES string of the molecule is COc1ccccc1C=CC(=O)Nc1cccc(C(F)(F)F)c1. The highest BCUT2D eigenvalue weighted by molar-refractivity contribution is 6.02. The molecule has 6 heteroatoms. The van der Waals surface area contributed by atoms with Crippen LogP contribution in [0.2, 0.25) is 0 Å². The first-order chi connectivity index (χ1) is 10.9. The van der Waals surface area contributed by atoms with Gasteiger partial charge in [0.25, 0.3) is 0 Å². The lowest BCUT2D eigenvalue weighted by molar-refractivity contribution is -0.137. The van der Waals surface area contributed by atoms with E-state index in [1.807, 2.05) is 0 Å². The third-order valence-electron chi connectivity index (χ3n) is 3.01. The quantitative estimate of drug-likeness (QED) is 0.850. The zero-order chi connectivity index (χ0) is 16.9. The molecule has 23 heavy (non-hydrogen) atoms. The number of carbonyl (C=O) groups excluding carboxylic acids is 1. The van der Waals surface area contributed by atoms with Crippen LogP contribution in [-0.2, 0) is 11.0 Å². The lowest BCUT2D eigenvalue weighted by Gasteiger charge is -2.09. The largest absolute Gasteiger partial charge is 0.496 e. The summed E-state index contributed by atoms with van der Waals surface area (Å²) in [6, 6.07) is 11.5. The molecule has 0 saturated heterocycles.